The van der Waals surface area contributed by atoms with Crippen molar-refractivity contribution >= 4 is 11.8 Å². The van der Waals surface area contributed by atoms with Gasteiger partial charge in [0.1, 0.15) is 48.9 Å². The molecule has 174 valence electrons. The molecule has 0 fully saturated rings. The van der Waals surface area contributed by atoms with Crippen molar-refractivity contribution in [2.75, 3.05) is 39.5 Å². The Morgan fingerprint density at radius 1 is 0.969 bits per heavy atom. The predicted molar refractivity (Wildman–Crippen MR) is 117 cm³/mol. The maximum Gasteiger partial charge on any atom is 0.252 e. The number of amides is 2. The van der Waals surface area contributed by atoms with Crippen LogP contribution in [0.25, 0.3) is 0 Å². The van der Waals surface area contributed by atoms with Gasteiger partial charge in [0.2, 0.25) is 5.91 Å². The SMILES string of the molecule is CC(=O)NCCOc1ccc(OCC(O)CNCCOc2ccc(O)c(C(N)=O)c2)cc1. The van der Waals surface area contributed by atoms with Gasteiger partial charge in [-0.05, 0) is 42.5 Å². The molecule has 0 radical (unpaired) electrons. The van der Waals surface area contributed by atoms with Gasteiger partial charge in [-0.1, -0.05) is 0 Å². The second kappa shape index (κ2) is 13.0. The molecule has 32 heavy (non-hydrogen) atoms. The van der Waals surface area contributed by atoms with Gasteiger partial charge in [0.15, 0.2) is 0 Å². The molecule has 0 aliphatic carbocycles. The van der Waals surface area contributed by atoms with Crippen molar-refractivity contribution in [3.63, 3.8) is 0 Å². The molecule has 6 N–H and O–H groups in total. The van der Waals surface area contributed by atoms with E-state index in [0.29, 0.717) is 50.1 Å². The highest BCUT2D eigenvalue weighted by Crippen LogP contribution is 2.22. The van der Waals surface area contributed by atoms with E-state index in [2.05, 4.69) is 10.6 Å². The van der Waals surface area contributed by atoms with Crippen LogP contribution < -0.4 is 30.6 Å². The number of primary amides is 1. The molecule has 0 bridgehead atoms. The van der Waals surface area contributed by atoms with Gasteiger partial charge in [0.25, 0.3) is 5.91 Å². The lowest BCUT2D eigenvalue weighted by atomic mass is 10.2. The molecular formula is C22H29N3O7. The lowest BCUT2D eigenvalue weighted by Gasteiger charge is -2.14. The third-order valence-electron chi connectivity index (χ3n) is 4.17. The van der Waals surface area contributed by atoms with E-state index in [9.17, 15) is 19.8 Å². The maximum absolute atomic E-state index is 11.2. The first-order valence-corrected chi connectivity index (χ1v) is 10.1. The van der Waals surface area contributed by atoms with Crippen LogP contribution in [0.2, 0.25) is 0 Å². The molecule has 2 aromatic carbocycles. The Morgan fingerprint density at radius 3 is 2.22 bits per heavy atom. The first kappa shape index (κ1) is 24.8. The number of aliphatic hydroxyl groups excluding tert-OH is 1. The van der Waals surface area contributed by atoms with Crippen LogP contribution in [0.1, 0.15) is 17.3 Å². The van der Waals surface area contributed by atoms with E-state index in [0.717, 1.165) is 0 Å². The number of nitrogens with one attached hydrogen (secondary N) is 2. The number of phenols is 1. The van der Waals surface area contributed by atoms with Crippen LogP contribution in [0.5, 0.6) is 23.0 Å². The van der Waals surface area contributed by atoms with Gasteiger partial charge in [-0.3, -0.25) is 9.59 Å². The zero-order chi connectivity index (χ0) is 23.3. The van der Waals surface area contributed by atoms with Crippen LogP contribution in [0.3, 0.4) is 0 Å². The van der Waals surface area contributed by atoms with Crippen molar-refractivity contribution < 1.29 is 34.0 Å². The van der Waals surface area contributed by atoms with Crippen LogP contribution in [0.15, 0.2) is 42.5 Å². The third kappa shape index (κ3) is 9.11. The smallest absolute Gasteiger partial charge is 0.252 e. The molecule has 10 heteroatoms. The average molecular weight is 447 g/mol. The molecular weight excluding hydrogens is 418 g/mol. The maximum atomic E-state index is 11.2. The minimum absolute atomic E-state index is 0.00684. The molecule has 2 rings (SSSR count). The summed E-state index contributed by atoms with van der Waals surface area (Å²) in [6.45, 7) is 3.40. The molecule has 1 atom stereocenters. The summed E-state index contributed by atoms with van der Waals surface area (Å²) in [5, 5.41) is 25.3. The highest BCUT2D eigenvalue weighted by molar-refractivity contribution is 5.95. The Hall–Kier alpha value is -3.50. The lowest BCUT2D eigenvalue weighted by molar-refractivity contribution is -0.119. The Labute approximate surface area is 186 Å². The van der Waals surface area contributed by atoms with Gasteiger partial charge >= 0.3 is 0 Å². The second-order valence-corrected chi connectivity index (χ2v) is 6.86. The number of rotatable bonds is 14. The van der Waals surface area contributed by atoms with E-state index in [-0.39, 0.29) is 23.8 Å². The Morgan fingerprint density at radius 2 is 1.56 bits per heavy atom. The average Bonchev–Trinajstić information content (AvgIpc) is 2.76. The van der Waals surface area contributed by atoms with Crippen molar-refractivity contribution in [1.82, 2.24) is 10.6 Å². The van der Waals surface area contributed by atoms with Gasteiger partial charge in [0, 0.05) is 20.0 Å². The molecule has 0 aliphatic heterocycles. The van der Waals surface area contributed by atoms with E-state index in [1.54, 1.807) is 24.3 Å². The summed E-state index contributed by atoms with van der Waals surface area (Å²) in [6, 6.07) is 11.2. The fourth-order valence-corrected chi connectivity index (χ4v) is 2.59. The summed E-state index contributed by atoms with van der Waals surface area (Å²) in [4.78, 5) is 22.0. The molecule has 0 aromatic heterocycles. The number of ether oxygens (including phenoxy) is 3. The Bertz CT molecular complexity index is 874. The molecule has 1 unspecified atom stereocenters. The molecule has 0 saturated carbocycles. The fraction of sp³-hybridized carbons (Fsp3) is 0.364. The fourth-order valence-electron chi connectivity index (χ4n) is 2.59. The number of benzene rings is 2. The second-order valence-electron chi connectivity index (χ2n) is 6.86. The highest BCUT2D eigenvalue weighted by atomic mass is 16.5. The predicted octanol–water partition coefficient (Wildman–Crippen LogP) is 0.414. The first-order valence-electron chi connectivity index (χ1n) is 10.1. The summed E-state index contributed by atoms with van der Waals surface area (Å²) >= 11 is 0. The van der Waals surface area contributed by atoms with Gasteiger partial charge in [-0.15, -0.1) is 0 Å². The van der Waals surface area contributed by atoms with Crippen LogP contribution in [-0.2, 0) is 4.79 Å². The molecule has 0 spiro atoms. The van der Waals surface area contributed by atoms with E-state index in [1.807, 2.05) is 0 Å². The monoisotopic (exact) mass is 447 g/mol. The summed E-state index contributed by atoms with van der Waals surface area (Å²) < 4.78 is 16.5. The van der Waals surface area contributed by atoms with Crippen LogP contribution in [0, 0.1) is 0 Å². The molecule has 10 nitrogen and oxygen atoms in total. The summed E-state index contributed by atoms with van der Waals surface area (Å²) in [6.07, 6.45) is -0.723. The van der Waals surface area contributed by atoms with Gasteiger partial charge in [-0.2, -0.15) is 0 Å². The van der Waals surface area contributed by atoms with Gasteiger partial charge in [-0.25, -0.2) is 0 Å². The standard InChI is InChI=1S/C22H29N3O7/c1-15(26)25-9-11-30-17-2-4-18(5-3-17)32-14-16(27)13-24-8-10-31-19-6-7-21(28)20(12-19)22(23)29/h2-7,12,16,24,27-28H,8-11,13-14H2,1H3,(H2,23,29)(H,25,26). The minimum atomic E-state index is -0.738. The van der Waals surface area contributed by atoms with Crippen LogP contribution in [0.4, 0.5) is 0 Å². The van der Waals surface area contributed by atoms with E-state index >= 15 is 0 Å². The van der Waals surface area contributed by atoms with Crippen LogP contribution >= 0.6 is 0 Å². The van der Waals surface area contributed by atoms with Crippen LogP contribution in [-0.4, -0.2) is 67.6 Å². The summed E-state index contributed by atoms with van der Waals surface area (Å²) in [7, 11) is 0. The largest absolute Gasteiger partial charge is 0.507 e. The highest BCUT2D eigenvalue weighted by Gasteiger charge is 2.09. The summed E-state index contributed by atoms with van der Waals surface area (Å²) in [5.74, 6) is 0.619. The molecule has 2 aromatic rings. The number of nitrogens with two attached hydrogens (primary N) is 1. The molecule has 0 saturated heterocycles. The van der Waals surface area contributed by atoms with Crippen molar-refractivity contribution in [2.45, 2.75) is 13.0 Å². The lowest BCUT2D eigenvalue weighted by Crippen LogP contribution is -2.33. The number of aliphatic hydroxyl groups is 1. The number of hydrogen-bond acceptors (Lipinski definition) is 8. The van der Waals surface area contributed by atoms with Crippen molar-refractivity contribution in [3.05, 3.63) is 48.0 Å². The summed E-state index contributed by atoms with van der Waals surface area (Å²) in [5.41, 5.74) is 5.17. The van der Waals surface area contributed by atoms with E-state index in [4.69, 9.17) is 19.9 Å². The first-order chi connectivity index (χ1) is 15.3. The Balaban J connectivity index is 1.59. The number of carbonyl (C=O) groups excluding carboxylic acids is 2. The zero-order valence-corrected chi connectivity index (χ0v) is 17.9. The zero-order valence-electron chi connectivity index (χ0n) is 17.9. The van der Waals surface area contributed by atoms with Crippen molar-refractivity contribution in [1.29, 1.82) is 0 Å². The van der Waals surface area contributed by atoms with Crippen molar-refractivity contribution in [3.8, 4) is 23.0 Å². The molecule has 0 heterocycles. The quantitative estimate of drug-likeness (QED) is 0.261. The molecule has 2 amide bonds. The number of hydrogen-bond donors (Lipinski definition) is 5. The minimum Gasteiger partial charge on any atom is -0.507 e. The third-order valence-corrected chi connectivity index (χ3v) is 4.17. The number of aromatic hydroxyl groups is 1. The number of carbonyl (C=O) groups is 2. The van der Waals surface area contributed by atoms with Crippen molar-refractivity contribution in [2.24, 2.45) is 5.73 Å². The topological polar surface area (TPSA) is 152 Å². The normalized spacial score (nSPS) is 11.4. The Kier molecular flexibility index (Phi) is 10.1. The van der Waals surface area contributed by atoms with Gasteiger partial charge in [0.05, 0.1) is 12.1 Å². The van der Waals surface area contributed by atoms with E-state index < -0.39 is 12.0 Å². The van der Waals surface area contributed by atoms with E-state index in [1.165, 1.54) is 25.1 Å². The van der Waals surface area contributed by atoms with Gasteiger partial charge < -0.3 is 40.8 Å². The molecule has 0 aliphatic rings.